The number of hydrogen-bond donors (Lipinski definition) is 1. The summed E-state index contributed by atoms with van der Waals surface area (Å²) in [6.07, 6.45) is 19.7. The van der Waals surface area contributed by atoms with Gasteiger partial charge in [-0.2, -0.15) is 0 Å². The van der Waals surface area contributed by atoms with Crippen molar-refractivity contribution in [1.82, 2.24) is 0 Å². The van der Waals surface area contributed by atoms with Crippen LogP contribution in [0.5, 0.6) is 0 Å². The molecule has 0 aromatic rings. The van der Waals surface area contributed by atoms with E-state index in [9.17, 15) is 5.11 Å². The highest BCUT2D eigenvalue weighted by atomic mass is 16.3. The highest BCUT2D eigenvalue weighted by Crippen LogP contribution is 2.12. The zero-order chi connectivity index (χ0) is 13.5. The number of hydrogen-bond acceptors (Lipinski definition) is 1. The number of rotatable bonds is 13. The molecular weight excluding hydrogens is 220 g/mol. The fourth-order valence-electron chi connectivity index (χ4n) is 1.98. The third-order valence-electron chi connectivity index (χ3n) is 3.15. The van der Waals surface area contributed by atoms with Crippen LogP contribution >= 0.6 is 0 Å². The van der Waals surface area contributed by atoms with Crippen LogP contribution in [0.3, 0.4) is 0 Å². The lowest BCUT2D eigenvalue weighted by molar-refractivity contribution is 0.150. The molecule has 0 aliphatic heterocycles. The van der Waals surface area contributed by atoms with Gasteiger partial charge in [-0.05, 0) is 44.9 Å². The van der Waals surface area contributed by atoms with E-state index in [0.717, 1.165) is 32.1 Å². The maximum absolute atomic E-state index is 9.78. The largest absolute Gasteiger partial charge is 0.393 e. The van der Waals surface area contributed by atoms with Gasteiger partial charge in [-0.1, -0.05) is 57.4 Å². The molecule has 0 aliphatic rings. The van der Waals surface area contributed by atoms with Crippen molar-refractivity contribution in [2.45, 2.75) is 77.2 Å². The normalized spacial score (nSPS) is 13.0. The summed E-state index contributed by atoms with van der Waals surface area (Å²) in [6.45, 7) is 5.86. The third-order valence-corrected chi connectivity index (χ3v) is 3.15. The maximum Gasteiger partial charge on any atom is 0.0540 e. The summed E-state index contributed by atoms with van der Waals surface area (Å²) in [7, 11) is 0. The Labute approximate surface area is 114 Å². The third kappa shape index (κ3) is 13.5. The zero-order valence-corrected chi connectivity index (χ0v) is 12.1. The maximum atomic E-state index is 9.78. The van der Waals surface area contributed by atoms with Gasteiger partial charge in [0.25, 0.3) is 0 Å². The lowest BCUT2D eigenvalue weighted by atomic mass is 10.0. The molecule has 1 N–H and O–H groups in total. The second-order valence-electron chi connectivity index (χ2n) is 4.96. The molecule has 0 aliphatic carbocycles. The van der Waals surface area contributed by atoms with E-state index in [2.05, 4.69) is 26.0 Å². The summed E-state index contributed by atoms with van der Waals surface area (Å²) in [6, 6.07) is 0. The van der Waals surface area contributed by atoms with Crippen LogP contribution in [-0.2, 0) is 0 Å². The summed E-state index contributed by atoms with van der Waals surface area (Å²) in [5.74, 6) is 0. The first-order valence-electron chi connectivity index (χ1n) is 7.58. The van der Waals surface area contributed by atoms with Gasteiger partial charge in [-0.3, -0.25) is 0 Å². The molecule has 1 unspecified atom stereocenters. The van der Waals surface area contributed by atoms with Gasteiger partial charge in [0.1, 0.15) is 0 Å². The number of aliphatic hydroxyl groups excluding tert-OH is 1. The molecule has 1 radical (unpaired) electrons. The van der Waals surface area contributed by atoms with Gasteiger partial charge in [-0.25, -0.2) is 0 Å². The fourth-order valence-corrected chi connectivity index (χ4v) is 1.98. The fraction of sp³-hybridized carbons (Fsp3) is 0.706. The van der Waals surface area contributed by atoms with Gasteiger partial charge in [0, 0.05) is 0 Å². The molecule has 0 heterocycles. The van der Waals surface area contributed by atoms with Crippen molar-refractivity contribution in [1.29, 1.82) is 0 Å². The van der Waals surface area contributed by atoms with Crippen LogP contribution in [0.1, 0.15) is 71.1 Å². The topological polar surface area (TPSA) is 20.2 Å². The zero-order valence-electron chi connectivity index (χ0n) is 12.1. The second-order valence-corrected chi connectivity index (χ2v) is 4.96. The van der Waals surface area contributed by atoms with Crippen molar-refractivity contribution in [2.24, 2.45) is 0 Å². The summed E-state index contributed by atoms with van der Waals surface area (Å²) in [5.41, 5.74) is 0. The Hall–Kier alpha value is -0.560. The summed E-state index contributed by atoms with van der Waals surface area (Å²) in [5, 5.41) is 9.78. The predicted octanol–water partition coefficient (Wildman–Crippen LogP) is 5.21. The van der Waals surface area contributed by atoms with Gasteiger partial charge in [0.15, 0.2) is 0 Å². The molecule has 0 spiro atoms. The average molecular weight is 251 g/mol. The summed E-state index contributed by atoms with van der Waals surface area (Å²) in [4.78, 5) is 0. The molecule has 1 heteroatoms. The van der Waals surface area contributed by atoms with E-state index in [4.69, 9.17) is 0 Å². The van der Waals surface area contributed by atoms with Gasteiger partial charge in [0.05, 0.1) is 6.10 Å². The summed E-state index contributed by atoms with van der Waals surface area (Å²) >= 11 is 0. The lowest BCUT2D eigenvalue weighted by Gasteiger charge is -2.09. The van der Waals surface area contributed by atoms with E-state index in [1.165, 1.54) is 32.1 Å². The van der Waals surface area contributed by atoms with Crippen LogP contribution in [0.2, 0.25) is 0 Å². The Morgan fingerprint density at radius 1 is 1.00 bits per heavy atom. The Morgan fingerprint density at radius 2 is 1.83 bits per heavy atom. The van der Waals surface area contributed by atoms with E-state index in [1.807, 2.05) is 12.2 Å². The highest BCUT2D eigenvalue weighted by molar-refractivity contribution is 4.96. The molecule has 18 heavy (non-hydrogen) atoms. The minimum atomic E-state index is -0.0845. The van der Waals surface area contributed by atoms with Crippen molar-refractivity contribution in [2.75, 3.05) is 0 Å². The molecule has 0 aromatic heterocycles. The highest BCUT2D eigenvalue weighted by Gasteiger charge is 2.03. The van der Waals surface area contributed by atoms with E-state index < -0.39 is 0 Å². The first-order chi connectivity index (χ1) is 8.81. The molecule has 0 aromatic carbocycles. The van der Waals surface area contributed by atoms with Crippen LogP contribution in [0.15, 0.2) is 24.8 Å². The molecule has 0 bridgehead atoms. The Morgan fingerprint density at radius 3 is 2.56 bits per heavy atom. The van der Waals surface area contributed by atoms with E-state index in [1.54, 1.807) is 0 Å². The first-order valence-corrected chi connectivity index (χ1v) is 7.58. The minimum Gasteiger partial charge on any atom is -0.393 e. The van der Waals surface area contributed by atoms with Crippen molar-refractivity contribution in [3.05, 3.63) is 31.2 Å². The van der Waals surface area contributed by atoms with Crippen molar-refractivity contribution in [3.63, 3.8) is 0 Å². The van der Waals surface area contributed by atoms with Crippen LogP contribution in [0.4, 0.5) is 0 Å². The Bertz CT molecular complexity index is 196. The van der Waals surface area contributed by atoms with Crippen molar-refractivity contribution in [3.8, 4) is 0 Å². The van der Waals surface area contributed by atoms with Crippen molar-refractivity contribution >= 4 is 0 Å². The molecular formula is C17H31O. The Balaban J connectivity index is 3.17. The van der Waals surface area contributed by atoms with Crippen LogP contribution in [0, 0.1) is 6.42 Å². The molecule has 0 fully saturated rings. The molecule has 0 saturated carbocycles. The van der Waals surface area contributed by atoms with Gasteiger partial charge >= 0.3 is 0 Å². The standard InChI is InChI=1S/C17H31O/c1-3-5-7-9-10-11-12-14-16-17(18)15-13-8-6-4-2/h3,5,7,12,17-18H,1,4,6,8-11,13-16H2,2H3/b7-5+. The summed E-state index contributed by atoms with van der Waals surface area (Å²) < 4.78 is 0. The van der Waals surface area contributed by atoms with Gasteiger partial charge < -0.3 is 5.11 Å². The molecule has 1 nitrogen and oxygen atoms in total. The SMILES string of the molecule is C=C/C=C/CCC[CH]CCC(O)CCCCCC. The van der Waals surface area contributed by atoms with Gasteiger partial charge in [-0.15, -0.1) is 0 Å². The minimum absolute atomic E-state index is 0.0845. The number of unbranched alkanes of at least 4 members (excludes halogenated alkanes) is 7. The molecule has 0 rings (SSSR count). The first kappa shape index (κ1) is 17.4. The van der Waals surface area contributed by atoms with E-state index >= 15 is 0 Å². The van der Waals surface area contributed by atoms with Crippen LogP contribution < -0.4 is 0 Å². The van der Waals surface area contributed by atoms with Gasteiger partial charge in [0.2, 0.25) is 0 Å². The lowest BCUT2D eigenvalue weighted by Crippen LogP contribution is -2.06. The molecule has 0 saturated heterocycles. The van der Waals surface area contributed by atoms with Crippen molar-refractivity contribution < 1.29 is 5.11 Å². The average Bonchev–Trinajstić information content (AvgIpc) is 2.38. The molecule has 105 valence electrons. The van der Waals surface area contributed by atoms with E-state index in [0.29, 0.717) is 0 Å². The molecule has 0 amide bonds. The molecule has 1 atom stereocenters. The monoisotopic (exact) mass is 251 g/mol. The second kappa shape index (κ2) is 14.5. The van der Waals surface area contributed by atoms with Crippen LogP contribution in [0.25, 0.3) is 0 Å². The predicted molar refractivity (Wildman–Crippen MR) is 81.5 cm³/mol. The van der Waals surface area contributed by atoms with E-state index in [-0.39, 0.29) is 6.10 Å². The number of allylic oxidation sites excluding steroid dienone is 3. The smallest absolute Gasteiger partial charge is 0.0540 e. The quantitative estimate of drug-likeness (QED) is 0.352. The van der Waals surface area contributed by atoms with Crippen LogP contribution in [-0.4, -0.2) is 11.2 Å². The number of aliphatic hydroxyl groups is 1. The Kier molecular flexibility index (Phi) is 14.0.